The van der Waals surface area contributed by atoms with Crippen LogP contribution in [0.25, 0.3) is 0 Å². The van der Waals surface area contributed by atoms with Crippen molar-refractivity contribution in [1.82, 2.24) is 0 Å². The minimum Gasteiger partial charge on any atom is -0.299 e. The SMILES string of the molecule is CC12C=CCC(C)(CCC1)/C2=C\C=O. The molecular formula is C13H18O. The van der Waals surface area contributed by atoms with Crippen molar-refractivity contribution in [2.45, 2.75) is 39.5 Å². The summed E-state index contributed by atoms with van der Waals surface area (Å²) >= 11 is 0. The number of carbonyl (C=O) groups excluding carboxylic acids is 1. The van der Waals surface area contributed by atoms with E-state index in [9.17, 15) is 4.79 Å². The highest BCUT2D eigenvalue weighted by Crippen LogP contribution is 2.55. The van der Waals surface area contributed by atoms with Crippen molar-refractivity contribution in [3.05, 3.63) is 23.8 Å². The molecule has 2 bridgehead atoms. The maximum atomic E-state index is 10.7. The van der Waals surface area contributed by atoms with Crippen LogP contribution in [0, 0.1) is 10.8 Å². The zero-order valence-corrected chi connectivity index (χ0v) is 9.05. The van der Waals surface area contributed by atoms with E-state index in [1.165, 1.54) is 24.8 Å². The van der Waals surface area contributed by atoms with Crippen LogP contribution < -0.4 is 0 Å². The lowest BCUT2D eigenvalue weighted by atomic mass is 9.56. The van der Waals surface area contributed by atoms with Crippen molar-refractivity contribution >= 4 is 6.29 Å². The monoisotopic (exact) mass is 190 g/mol. The molecule has 14 heavy (non-hydrogen) atoms. The van der Waals surface area contributed by atoms with Crippen LogP contribution in [0.1, 0.15) is 39.5 Å². The highest BCUT2D eigenvalue weighted by Gasteiger charge is 2.44. The van der Waals surface area contributed by atoms with Crippen LogP contribution in [0.2, 0.25) is 0 Å². The Balaban J connectivity index is 2.50. The molecule has 0 aromatic carbocycles. The fraction of sp³-hybridized carbons (Fsp3) is 0.615. The molecule has 0 radical (unpaired) electrons. The fourth-order valence-corrected chi connectivity index (χ4v) is 3.23. The second-order valence-electron chi connectivity index (χ2n) is 5.15. The van der Waals surface area contributed by atoms with Crippen LogP contribution >= 0.6 is 0 Å². The molecule has 0 aromatic rings. The summed E-state index contributed by atoms with van der Waals surface area (Å²) in [5, 5.41) is 0. The van der Waals surface area contributed by atoms with Crippen LogP contribution in [0.3, 0.4) is 0 Å². The third-order valence-electron chi connectivity index (χ3n) is 3.98. The number of allylic oxidation sites excluding steroid dienone is 4. The summed E-state index contributed by atoms with van der Waals surface area (Å²) in [5.74, 6) is 0. The zero-order chi connectivity index (χ0) is 10.2. The van der Waals surface area contributed by atoms with E-state index in [0.717, 1.165) is 12.7 Å². The molecule has 0 aliphatic heterocycles. The van der Waals surface area contributed by atoms with E-state index in [0.29, 0.717) is 0 Å². The lowest BCUT2D eigenvalue weighted by molar-refractivity contribution is -0.104. The Morgan fingerprint density at radius 1 is 1.36 bits per heavy atom. The molecule has 0 aromatic heterocycles. The van der Waals surface area contributed by atoms with Crippen molar-refractivity contribution in [1.29, 1.82) is 0 Å². The Kier molecular flexibility index (Phi) is 2.13. The van der Waals surface area contributed by atoms with Gasteiger partial charge in [0, 0.05) is 5.41 Å². The van der Waals surface area contributed by atoms with Crippen LogP contribution in [-0.4, -0.2) is 6.29 Å². The Bertz CT molecular complexity index is 313. The number of hydrogen-bond acceptors (Lipinski definition) is 1. The largest absolute Gasteiger partial charge is 0.299 e. The smallest absolute Gasteiger partial charge is 0.142 e. The quantitative estimate of drug-likeness (QED) is 0.352. The van der Waals surface area contributed by atoms with Crippen molar-refractivity contribution < 1.29 is 4.79 Å². The number of rotatable bonds is 1. The summed E-state index contributed by atoms with van der Waals surface area (Å²) in [6, 6.07) is 0. The fourth-order valence-electron chi connectivity index (χ4n) is 3.23. The number of fused-ring (bicyclic) bond motifs is 2. The normalized spacial score (nSPS) is 44.0. The van der Waals surface area contributed by atoms with E-state index in [1.54, 1.807) is 0 Å². The summed E-state index contributed by atoms with van der Waals surface area (Å²) in [6.07, 6.45) is 12.2. The molecule has 1 fully saturated rings. The lowest BCUT2D eigenvalue weighted by Gasteiger charge is -2.49. The van der Waals surface area contributed by atoms with Gasteiger partial charge >= 0.3 is 0 Å². The third kappa shape index (κ3) is 1.26. The second kappa shape index (κ2) is 3.08. The minimum atomic E-state index is 0.159. The molecule has 2 atom stereocenters. The van der Waals surface area contributed by atoms with Gasteiger partial charge in [0.1, 0.15) is 6.29 Å². The van der Waals surface area contributed by atoms with Gasteiger partial charge in [-0.25, -0.2) is 0 Å². The molecule has 76 valence electrons. The van der Waals surface area contributed by atoms with E-state index in [2.05, 4.69) is 26.0 Å². The molecule has 0 spiro atoms. The maximum absolute atomic E-state index is 10.7. The molecule has 2 aliphatic carbocycles. The first-order valence-corrected chi connectivity index (χ1v) is 5.45. The predicted molar refractivity (Wildman–Crippen MR) is 58.0 cm³/mol. The number of aldehydes is 1. The Morgan fingerprint density at radius 3 is 2.79 bits per heavy atom. The molecule has 0 heterocycles. The molecule has 0 saturated heterocycles. The Morgan fingerprint density at radius 2 is 2.14 bits per heavy atom. The molecule has 0 amide bonds. The third-order valence-corrected chi connectivity index (χ3v) is 3.98. The molecule has 2 rings (SSSR count). The first-order valence-electron chi connectivity index (χ1n) is 5.45. The standard InChI is InChI=1S/C13H18O/c1-12-6-3-8-13(2,9-4-7-12)11(12)5-10-14/h3,5-6,10H,4,7-9H2,1-2H3/b11-5-. The van der Waals surface area contributed by atoms with E-state index >= 15 is 0 Å². The molecule has 2 unspecified atom stereocenters. The van der Waals surface area contributed by atoms with Gasteiger partial charge in [0.25, 0.3) is 0 Å². The van der Waals surface area contributed by atoms with Crippen LogP contribution in [0.5, 0.6) is 0 Å². The molecular weight excluding hydrogens is 172 g/mol. The topological polar surface area (TPSA) is 17.1 Å². The first kappa shape index (κ1) is 9.70. The highest BCUT2D eigenvalue weighted by molar-refractivity contribution is 5.68. The van der Waals surface area contributed by atoms with E-state index < -0.39 is 0 Å². The van der Waals surface area contributed by atoms with Crippen molar-refractivity contribution in [3.63, 3.8) is 0 Å². The van der Waals surface area contributed by atoms with Crippen LogP contribution in [0.15, 0.2) is 23.8 Å². The van der Waals surface area contributed by atoms with E-state index in [-0.39, 0.29) is 10.8 Å². The van der Waals surface area contributed by atoms with Crippen molar-refractivity contribution in [3.8, 4) is 0 Å². The van der Waals surface area contributed by atoms with Gasteiger partial charge in [-0.15, -0.1) is 0 Å². The number of hydrogen-bond donors (Lipinski definition) is 0. The van der Waals surface area contributed by atoms with Crippen molar-refractivity contribution in [2.24, 2.45) is 10.8 Å². The van der Waals surface area contributed by atoms with Crippen LogP contribution in [-0.2, 0) is 4.79 Å². The van der Waals surface area contributed by atoms with E-state index in [4.69, 9.17) is 0 Å². The lowest BCUT2D eigenvalue weighted by Crippen LogP contribution is -2.37. The number of carbonyl (C=O) groups is 1. The van der Waals surface area contributed by atoms with Gasteiger partial charge in [-0.1, -0.05) is 38.0 Å². The average molecular weight is 190 g/mol. The van der Waals surface area contributed by atoms with E-state index in [1.807, 2.05) is 6.08 Å². The summed E-state index contributed by atoms with van der Waals surface area (Å²) < 4.78 is 0. The summed E-state index contributed by atoms with van der Waals surface area (Å²) in [6.45, 7) is 4.55. The molecule has 2 aliphatic rings. The Hall–Kier alpha value is -0.850. The molecule has 0 N–H and O–H groups in total. The van der Waals surface area contributed by atoms with Gasteiger partial charge in [-0.2, -0.15) is 0 Å². The summed E-state index contributed by atoms with van der Waals surface area (Å²) in [7, 11) is 0. The van der Waals surface area contributed by atoms with Gasteiger partial charge in [0.2, 0.25) is 0 Å². The highest BCUT2D eigenvalue weighted by atomic mass is 16.1. The van der Waals surface area contributed by atoms with Gasteiger partial charge < -0.3 is 0 Å². The second-order valence-corrected chi connectivity index (χ2v) is 5.15. The average Bonchev–Trinajstić information content (AvgIpc) is 2.09. The van der Waals surface area contributed by atoms with Crippen LogP contribution in [0.4, 0.5) is 0 Å². The Labute approximate surface area is 85.9 Å². The minimum absolute atomic E-state index is 0.159. The van der Waals surface area contributed by atoms with Gasteiger partial charge in [0.15, 0.2) is 0 Å². The maximum Gasteiger partial charge on any atom is 0.142 e. The summed E-state index contributed by atoms with van der Waals surface area (Å²) in [5.41, 5.74) is 1.77. The summed E-state index contributed by atoms with van der Waals surface area (Å²) in [4.78, 5) is 10.7. The molecule has 1 saturated carbocycles. The first-order chi connectivity index (χ1) is 6.61. The predicted octanol–water partition coefficient (Wildman–Crippen LogP) is 3.27. The zero-order valence-electron chi connectivity index (χ0n) is 9.05. The molecule has 1 nitrogen and oxygen atoms in total. The molecule has 1 heteroatoms. The van der Waals surface area contributed by atoms with Crippen molar-refractivity contribution in [2.75, 3.05) is 0 Å². The van der Waals surface area contributed by atoms with Gasteiger partial charge in [-0.05, 0) is 30.8 Å². The van der Waals surface area contributed by atoms with Gasteiger partial charge in [-0.3, -0.25) is 4.79 Å². The van der Waals surface area contributed by atoms with Gasteiger partial charge in [0.05, 0.1) is 0 Å².